The highest BCUT2D eigenvalue weighted by molar-refractivity contribution is 5.76. The molecule has 2 heterocycles. The number of hydrogen-bond acceptors (Lipinski definition) is 3. The van der Waals surface area contributed by atoms with Crippen molar-refractivity contribution in [1.29, 1.82) is 0 Å². The van der Waals surface area contributed by atoms with Gasteiger partial charge in [-0.15, -0.1) is 0 Å². The van der Waals surface area contributed by atoms with Crippen LogP contribution >= 0.6 is 0 Å². The predicted molar refractivity (Wildman–Crippen MR) is 65.3 cm³/mol. The van der Waals surface area contributed by atoms with Gasteiger partial charge in [-0.3, -0.25) is 9.48 Å². The molecule has 2 rings (SSSR count). The van der Waals surface area contributed by atoms with Gasteiger partial charge in [0.1, 0.15) is 0 Å². The first-order valence-electron chi connectivity index (χ1n) is 6.23. The van der Waals surface area contributed by atoms with Crippen molar-refractivity contribution in [3.8, 4) is 0 Å². The van der Waals surface area contributed by atoms with E-state index in [0.717, 1.165) is 44.7 Å². The van der Waals surface area contributed by atoms with Crippen molar-refractivity contribution in [1.82, 2.24) is 20.0 Å². The number of nitrogens with one attached hydrogen (secondary N) is 1. The van der Waals surface area contributed by atoms with Crippen molar-refractivity contribution in [2.45, 2.75) is 25.8 Å². The number of aromatic nitrogens is 2. The number of nitrogens with zero attached hydrogens (tertiary/aromatic N) is 3. The topological polar surface area (TPSA) is 50.2 Å². The Hall–Kier alpha value is -1.36. The van der Waals surface area contributed by atoms with Crippen LogP contribution in [0.25, 0.3) is 0 Å². The van der Waals surface area contributed by atoms with Gasteiger partial charge >= 0.3 is 0 Å². The van der Waals surface area contributed by atoms with Crippen molar-refractivity contribution in [3.05, 3.63) is 18.0 Å². The highest BCUT2D eigenvalue weighted by atomic mass is 16.2. The van der Waals surface area contributed by atoms with Crippen molar-refractivity contribution in [2.24, 2.45) is 7.05 Å². The molecule has 1 fully saturated rings. The molecule has 17 heavy (non-hydrogen) atoms. The Balaban J connectivity index is 1.63. The molecule has 1 N–H and O–H groups in total. The summed E-state index contributed by atoms with van der Waals surface area (Å²) in [5, 5.41) is 7.37. The number of carbonyl (C=O) groups excluding carboxylic acids is 1. The fourth-order valence-electron chi connectivity index (χ4n) is 2.11. The van der Waals surface area contributed by atoms with Crippen LogP contribution < -0.4 is 5.32 Å². The van der Waals surface area contributed by atoms with E-state index >= 15 is 0 Å². The average molecular weight is 236 g/mol. The van der Waals surface area contributed by atoms with Crippen molar-refractivity contribution in [3.63, 3.8) is 0 Å². The van der Waals surface area contributed by atoms with E-state index in [1.807, 2.05) is 22.7 Å². The molecule has 0 spiro atoms. The molecule has 1 aromatic heterocycles. The maximum atomic E-state index is 11.7. The second kappa shape index (κ2) is 5.82. The highest BCUT2D eigenvalue weighted by Crippen LogP contribution is 2.08. The van der Waals surface area contributed by atoms with Gasteiger partial charge in [0.2, 0.25) is 5.91 Å². The lowest BCUT2D eigenvalue weighted by molar-refractivity contribution is -0.130. The molecular formula is C12H20N4O. The van der Waals surface area contributed by atoms with E-state index in [4.69, 9.17) is 0 Å². The zero-order valence-corrected chi connectivity index (χ0v) is 10.4. The lowest BCUT2D eigenvalue weighted by Crippen LogP contribution is -2.30. The van der Waals surface area contributed by atoms with E-state index in [1.54, 1.807) is 6.20 Å². The molecule has 1 aromatic rings. The quantitative estimate of drug-likeness (QED) is 0.758. The molecular weight excluding hydrogens is 216 g/mol. The van der Waals surface area contributed by atoms with E-state index in [-0.39, 0.29) is 5.91 Å². The lowest BCUT2D eigenvalue weighted by Gasteiger charge is -2.15. The van der Waals surface area contributed by atoms with Crippen LogP contribution in [0.5, 0.6) is 0 Å². The van der Waals surface area contributed by atoms with Crippen LogP contribution in [0.1, 0.15) is 25.0 Å². The molecule has 0 aliphatic carbocycles. The number of aryl methyl sites for hydroxylation is 1. The van der Waals surface area contributed by atoms with Crippen molar-refractivity contribution >= 4 is 5.91 Å². The maximum Gasteiger partial charge on any atom is 0.223 e. The van der Waals surface area contributed by atoms with Gasteiger partial charge in [-0.25, -0.2) is 0 Å². The predicted octanol–water partition coefficient (Wildman–Crippen LogP) is 0.522. The van der Waals surface area contributed by atoms with Crippen LogP contribution in [-0.2, 0) is 18.4 Å². The summed E-state index contributed by atoms with van der Waals surface area (Å²) in [7, 11) is 1.92. The lowest BCUT2D eigenvalue weighted by atomic mass is 10.3. The highest BCUT2D eigenvalue weighted by Gasteiger charge is 2.16. The molecule has 1 amide bonds. The average Bonchev–Trinajstić information content (AvgIpc) is 2.96. The number of hydrogen-bond donors (Lipinski definition) is 1. The molecule has 1 saturated heterocycles. The van der Waals surface area contributed by atoms with Gasteiger partial charge in [0.25, 0.3) is 0 Å². The molecule has 0 saturated carbocycles. The van der Waals surface area contributed by atoms with Gasteiger partial charge in [0.15, 0.2) is 0 Å². The standard InChI is InChI=1S/C12H20N4O/c1-15-11(4-7-14-15)10-13-6-5-12(17)16-8-2-3-9-16/h4,7,13H,2-3,5-6,8-10H2,1H3. The molecule has 0 atom stereocenters. The Morgan fingerprint density at radius 2 is 2.24 bits per heavy atom. The second-order valence-corrected chi connectivity index (χ2v) is 4.46. The zero-order chi connectivity index (χ0) is 12.1. The van der Waals surface area contributed by atoms with Gasteiger partial charge in [-0.1, -0.05) is 0 Å². The minimum Gasteiger partial charge on any atom is -0.343 e. The number of carbonyl (C=O) groups is 1. The first-order chi connectivity index (χ1) is 8.27. The van der Waals surface area contributed by atoms with Crippen LogP contribution in [-0.4, -0.2) is 40.2 Å². The molecule has 1 aliphatic heterocycles. The SMILES string of the molecule is Cn1nccc1CNCCC(=O)N1CCCC1. The summed E-state index contributed by atoms with van der Waals surface area (Å²) in [6, 6.07) is 1.98. The Morgan fingerprint density at radius 1 is 1.47 bits per heavy atom. The molecule has 0 unspecified atom stereocenters. The first kappa shape index (κ1) is 12.1. The number of likely N-dealkylation sites (tertiary alicyclic amines) is 1. The third-order valence-electron chi connectivity index (χ3n) is 3.20. The Kier molecular flexibility index (Phi) is 4.14. The summed E-state index contributed by atoms with van der Waals surface area (Å²) in [5.41, 5.74) is 1.14. The molecule has 0 bridgehead atoms. The third-order valence-corrected chi connectivity index (χ3v) is 3.20. The van der Waals surface area contributed by atoms with Gasteiger partial charge in [-0.2, -0.15) is 5.10 Å². The molecule has 5 nitrogen and oxygen atoms in total. The van der Waals surface area contributed by atoms with E-state index in [0.29, 0.717) is 6.42 Å². The summed E-state index contributed by atoms with van der Waals surface area (Å²) in [6.07, 6.45) is 4.70. The minimum atomic E-state index is 0.278. The summed E-state index contributed by atoms with van der Waals surface area (Å²) < 4.78 is 1.84. The minimum absolute atomic E-state index is 0.278. The zero-order valence-electron chi connectivity index (χ0n) is 10.4. The van der Waals surface area contributed by atoms with Crippen molar-refractivity contribution in [2.75, 3.05) is 19.6 Å². The van der Waals surface area contributed by atoms with E-state index < -0.39 is 0 Å². The molecule has 0 aromatic carbocycles. The fraction of sp³-hybridized carbons (Fsp3) is 0.667. The first-order valence-corrected chi connectivity index (χ1v) is 6.23. The Labute approximate surface area is 102 Å². The van der Waals surface area contributed by atoms with Crippen LogP contribution in [0.2, 0.25) is 0 Å². The van der Waals surface area contributed by atoms with Gasteiger partial charge in [-0.05, 0) is 18.9 Å². The Morgan fingerprint density at radius 3 is 2.88 bits per heavy atom. The molecule has 94 valence electrons. The van der Waals surface area contributed by atoms with Crippen LogP contribution in [0, 0.1) is 0 Å². The summed E-state index contributed by atoms with van der Waals surface area (Å²) in [5.74, 6) is 0.278. The van der Waals surface area contributed by atoms with Gasteiger partial charge < -0.3 is 10.2 Å². The van der Waals surface area contributed by atoms with E-state index in [1.165, 1.54) is 0 Å². The van der Waals surface area contributed by atoms with E-state index in [9.17, 15) is 4.79 Å². The smallest absolute Gasteiger partial charge is 0.223 e. The molecule has 0 radical (unpaired) electrons. The molecule has 5 heteroatoms. The third kappa shape index (κ3) is 3.30. The molecule has 1 aliphatic rings. The van der Waals surface area contributed by atoms with Crippen LogP contribution in [0.4, 0.5) is 0 Å². The Bertz CT molecular complexity index is 368. The number of rotatable bonds is 5. The largest absolute Gasteiger partial charge is 0.343 e. The normalized spacial score (nSPS) is 15.5. The monoisotopic (exact) mass is 236 g/mol. The van der Waals surface area contributed by atoms with Crippen molar-refractivity contribution < 1.29 is 4.79 Å². The van der Waals surface area contributed by atoms with Gasteiger partial charge in [0, 0.05) is 45.8 Å². The second-order valence-electron chi connectivity index (χ2n) is 4.46. The maximum absolute atomic E-state index is 11.7. The summed E-state index contributed by atoms with van der Waals surface area (Å²) in [6.45, 7) is 3.39. The van der Waals surface area contributed by atoms with Gasteiger partial charge in [0.05, 0.1) is 5.69 Å². The number of amides is 1. The summed E-state index contributed by atoms with van der Waals surface area (Å²) in [4.78, 5) is 13.7. The van der Waals surface area contributed by atoms with Crippen LogP contribution in [0.15, 0.2) is 12.3 Å². The summed E-state index contributed by atoms with van der Waals surface area (Å²) >= 11 is 0. The van der Waals surface area contributed by atoms with E-state index in [2.05, 4.69) is 10.4 Å². The van der Waals surface area contributed by atoms with Crippen LogP contribution in [0.3, 0.4) is 0 Å². The fourth-order valence-corrected chi connectivity index (χ4v) is 2.11.